The highest BCUT2D eigenvalue weighted by Crippen LogP contribution is 2.14. The molecule has 3 rings (SSSR count). The number of aryl methyl sites for hydroxylation is 1. The van der Waals surface area contributed by atoms with Crippen LogP contribution in [0, 0.1) is 0 Å². The maximum Gasteiger partial charge on any atom is 0.268 e. The van der Waals surface area contributed by atoms with Crippen molar-refractivity contribution >= 4 is 17.0 Å². The molecule has 0 N–H and O–H groups in total. The van der Waals surface area contributed by atoms with Gasteiger partial charge >= 0.3 is 0 Å². The summed E-state index contributed by atoms with van der Waals surface area (Å²) in [5.74, 6) is 0. The molecule has 0 aromatic carbocycles. The Hall–Kier alpha value is -1.73. The van der Waals surface area contributed by atoms with Gasteiger partial charge in [-0.1, -0.05) is 0 Å². The van der Waals surface area contributed by atoms with Crippen molar-refractivity contribution in [2.45, 2.75) is 6.54 Å². The molecule has 0 bridgehead atoms. The van der Waals surface area contributed by atoms with Gasteiger partial charge in [-0.05, 0) is 0 Å². The van der Waals surface area contributed by atoms with Crippen LogP contribution in [0.1, 0.15) is 5.69 Å². The second kappa shape index (κ2) is 5.72. The van der Waals surface area contributed by atoms with Crippen molar-refractivity contribution in [1.29, 1.82) is 0 Å². The molecule has 1 fully saturated rings. The zero-order valence-corrected chi connectivity index (χ0v) is 12.2. The largest absolute Gasteiger partial charge is 0.368 e. The SMILES string of the molecule is Cn1ncc(N2CCN(Cc3cscn3)CC2)cc1=O. The number of anilines is 1. The molecule has 0 amide bonds. The molecule has 106 valence electrons. The van der Waals surface area contributed by atoms with Crippen molar-refractivity contribution in [1.82, 2.24) is 19.7 Å². The van der Waals surface area contributed by atoms with Gasteiger partial charge in [-0.25, -0.2) is 9.67 Å². The number of piperazine rings is 1. The minimum absolute atomic E-state index is 0.0626. The van der Waals surface area contributed by atoms with Crippen LogP contribution in [0.4, 0.5) is 5.69 Å². The molecule has 1 saturated heterocycles. The summed E-state index contributed by atoms with van der Waals surface area (Å²) in [4.78, 5) is 20.5. The lowest BCUT2D eigenvalue weighted by atomic mass is 10.2. The fourth-order valence-corrected chi connectivity index (χ4v) is 2.89. The third kappa shape index (κ3) is 2.88. The Morgan fingerprint density at radius 1 is 1.30 bits per heavy atom. The molecule has 1 aliphatic rings. The Bertz CT molecular complexity index is 616. The molecule has 0 unspecified atom stereocenters. The molecular weight excluding hydrogens is 274 g/mol. The van der Waals surface area contributed by atoms with Crippen molar-refractivity contribution in [2.24, 2.45) is 7.05 Å². The highest BCUT2D eigenvalue weighted by atomic mass is 32.1. The van der Waals surface area contributed by atoms with Crippen LogP contribution in [0.5, 0.6) is 0 Å². The predicted octanol–water partition coefficient (Wildman–Crippen LogP) is 0.559. The smallest absolute Gasteiger partial charge is 0.268 e. The average Bonchev–Trinajstić information content (AvgIpc) is 2.96. The van der Waals surface area contributed by atoms with Crippen LogP contribution in [-0.4, -0.2) is 45.8 Å². The van der Waals surface area contributed by atoms with Crippen LogP contribution in [-0.2, 0) is 13.6 Å². The first-order valence-electron chi connectivity index (χ1n) is 6.60. The molecule has 20 heavy (non-hydrogen) atoms. The molecule has 7 heteroatoms. The van der Waals surface area contributed by atoms with E-state index < -0.39 is 0 Å². The Morgan fingerprint density at radius 2 is 2.10 bits per heavy atom. The van der Waals surface area contributed by atoms with Crippen molar-refractivity contribution in [3.8, 4) is 0 Å². The molecule has 0 aliphatic carbocycles. The summed E-state index contributed by atoms with van der Waals surface area (Å²) in [6.45, 7) is 4.70. The predicted molar refractivity (Wildman–Crippen MR) is 79.1 cm³/mol. The topological polar surface area (TPSA) is 54.3 Å². The molecule has 2 aromatic rings. The van der Waals surface area contributed by atoms with Crippen LogP contribution >= 0.6 is 11.3 Å². The standard InChI is InChI=1S/C13H17N5OS/c1-16-13(19)6-12(7-15-16)18-4-2-17(3-5-18)8-11-9-20-10-14-11/h6-7,9-10H,2-5,8H2,1H3. The minimum Gasteiger partial charge on any atom is -0.368 e. The third-order valence-electron chi connectivity index (χ3n) is 3.56. The maximum absolute atomic E-state index is 11.6. The van der Waals surface area contributed by atoms with Crippen molar-refractivity contribution in [3.63, 3.8) is 0 Å². The normalized spacial score (nSPS) is 16.6. The molecule has 3 heterocycles. The van der Waals surface area contributed by atoms with Gasteiger partial charge in [0.15, 0.2) is 0 Å². The second-order valence-corrected chi connectivity index (χ2v) is 5.64. The first kappa shape index (κ1) is 13.3. The maximum atomic E-state index is 11.6. The first-order valence-corrected chi connectivity index (χ1v) is 7.54. The number of hydrogen-bond donors (Lipinski definition) is 0. The van der Waals surface area contributed by atoms with Gasteiger partial charge in [-0.2, -0.15) is 5.10 Å². The van der Waals surface area contributed by atoms with Gasteiger partial charge in [0.1, 0.15) is 0 Å². The molecule has 6 nitrogen and oxygen atoms in total. The number of aromatic nitrogens is 3. The van der Waals surface area contributed by atoms with Crippen LogP contribution in [0.25, 0.3) is 0 Å². The van der Waals surface area contributed by atoms with Crippen LogP contribution in [0.15, 0.2) is 27.9 Å². The Morgan fingerprint density at radius 3 is 2.75 bits per heavy atom. The summed E-state index contributed by atoms with van der Waals surface area (Å²) in [7, 11) is 1.66. The van der Waals surface area contributed by atoms with E-state index in [2.05, 4.69) is 25.3 Å². The quantitative estimate of drug-likeness (QED) is 0.827. The summed E-state index contributed by atoms with van der Waals surface area (Å²) >= 11 is 1.64. The van der Waals surface area contributed by atoms with Crippen molar-refractivity contribution < 1.29 is 0 Å². The fraction of sp³-hybridized carbons (Fsp3) is 0.462. The Balaban J connectivity index is 1.60. The molecule has 0 spiro atoms. The number of hydrogen-bond acceptors (Lipinski definition) is 6. The zero-order chi connectivity index (χ0) is 13.9. The van der Waals surface area contributed by atoms with E-state index in [1.54, 1.807) is 30.6 Å². The zero-order valence-electron chi connectivity index (χ0n) is 11.4. The van der Waals surface area contributed by atoms with E-state index in [9.17, 15) is 4.79 Å². The Labute approximate surface area is 121 Å². The summed E-state index contributed by atoms with van der Waals surface area (Å²) in [5, 5.41) is 6.17. The first-order chi connectivity index (χ1) is 9.72. The van der Waals surface area contributed by atoms with E-state index >= 15 is 0 Å². The van der Waals surface area contributed by atoms with E-state index in [0.717, 1.165) is 44.1 Å². The van der Waals surface area contributed by atoms with Crippen LogP contribution in [0.3, 0.4) is 0 Å². The molecule has 0 radical (unpaired) electrons. The van der Waals surface area contributed by atoms with E-state index in [1.165, 1.54) is 4.68 Å². The van der Waals surface area contributed by atoms with E-state index in [1.807, 2.05) is 5.51 Å². The van der Waals surface area contributed by atoms with E-state index in [0.29, 0.717) is 0 Å². The lowest BCUT2D eigenvalue weighted by Gasteiger charge is -2.35. The molecule has 0 saturated carbocycles. The van der Waals surface area contributed by atoms with Gasteiger partial charge < -0.3 is 4.90 Å². The lowest BCUT2D eigenvalue weighted by molar-refractivity contribution is 0.247. The minimum atomic E-state index is -0.0626. The summed E-state index contributed by atoms with van der Waals surface area (Å²) in [5.41, 5.74) is 3.87. The number of rotatable bonds is 3. The van der Waals surface area contributed by atoms with Gasteiger partial charge in [-0.15, -0.1) is 11.3 Å². The van der Waals surface area contributed by atoms with Gasteiger partial charge in [0, 0.05) is 51.2 Å². The molecular formula is C13H17N5OS. The van der Waals surface area contributed by atoms with Crippen LogP contribution in [0.2, 0.25) is 0 Å². The van der Waals surface area contributed by atoms with Crippen molar-refractivity contribution in [3.05, 3.63) is 39.2 Å². The summed E-state index contributed by atoms with van der Waals surface area (Å²) in [6.07, 6.45) is 1.76. The fourth-order valence-electron chi connectivity index (χ4n) is 2.34. The summed E-state index contributed by atoms with van der Waals surface area (Å²) < 4.78 is 1.35. The highest BCUT2D eigenvalue weighted by Gasteiger charge is 2.18. The monoisotopic (exact) mass is 291 g/mol. The van der Waals surface area contributed by atoms with E-state index in [4.69, 9.17) is 0 Å². The lowest BCUT2D eigenvalue weighted by Crippen LogP contribution is -2.46. The average molecular weight is 291 g/mol. The second-order valence-electron chi connectivity index (χ2n) is 4.92. The molecule has 1 aliphatic heterocycles. The molecule has 2 aromatic heterocycles. The van der Waals surface area contributed by atoms with Gasteiger partial charge in [0.2, 0.25) is 0 Å². The van der Waals surface area contributed by atoms with Gasteiger partial charge in [-0.3, -0.25) is 9.69 Å². The number of nitrogens with zero attached hydrogens (tertiary/aromatic N) is 5. The summed E-state index contributed by atoms with van der Waals surface area (Å²) in [6, 6.07) is 1.66. The highest BCUT2D eigenvalue weighted by molar-refractivity contribution is 7.07. The van der Waals surface area contributed by atoms with E-state index in [-0.39, 0.29) is 5.56 Å². The van der Waals surface area contributed by atoms with Gasteiger partial charge in [0.05, 0.1) is 23.1 Å². The van der Waals surface area contributed by atoms with Crippen molar-refractivity contribution in [2.75, 3.05) is 31.1 Å². The molecule has 0 atom stereocenters. The third-order valence-corrected chi connectivity index (χ3v) is 4.20. The number of thiazole rings is 1. The van der Waals surface area contributed by atoms with Gasteiger partial charge in [0.25, 0.3) is 5.56 Å². The Kier molecular flexibility index (Phi) is 3.79. The van der Waals surface area contributed by atoms with Crippen LogP contribution < -0.4 is 10.5 Å².